The molecular formula is C11H17N. The first-order valence-electron chi connectivity index (χ1n) is 4.40. The first kappa shape index (κ1) is 11.0. The van der Waals surface area contributed by atoms with Gasteiger partial charge in [-0.3, -0.25) is 0 Å². The molecule has 1 heteroatoms. The van der Waals surface area contributed by atoms with Gasteiger partial charge in [0.15, 0.2) is 0 Å². The highest BCUT2D eigenvalue weighted by atomic mass is 14.2. The van der Waals surface area contributed by atoms with E-state index < -0.39 is 0 Å². The minimum atomic E-state index is 0.499. The van der Waals surface area contributed by atoms with Gasteiger partial charge in [0.2, 0.25) is 0 Å². The van der Waals surface area contributed by atoms with Gasteiger partial charge in [-0.15, -0.1) is 0 Å². The summed E-state index contributed by atoms with van der Waals surface area (Å²) in [4.78, 5) is 0. The minimum Gasteiger partial charge on any atom is -0.198 e. The van der Waals surface area contributed by atoms with Crippen LogP contribution in [0.2, 0.25) is 0 Å². The van der Waals surface area contributed by atoms with Crippen LogP contribution in [-0.4, -0.2) is 0 Å². The maximum atomic E-state index is 8.37. The number of allylic oxidation sites excluding steroid dienone is 3. The third-order valence-electron chi connectivity index (χ3n) is 1.88. The SMILES string of the molecule is C=C(CC#N)CC/C=C(/C)CC. The van der Waals surface area contributed by atoms with Gasteiger partial charge in [-0.1, -0.05) is 30.7 Å². The second kappa shape index (κ2) is 6.67. The maximum absolute atomic E-state index is 8.37. The topological polar surface area (TPSA) is 23.8 Å². The highest BCUT2D eigenvalue weighted by molar-refractivity contribution is 5.05. The van der Waals surface area contributed by atoms with Gasteiger partial charge >= 0.3 is 0 Å². The smallest absolute Gasteiger partial charge is 0.0666 e. The number of rotatable bonds is 5. The molecule has 0 spiro atoms. The van der Waals surface area contributed by atoms with E-state index in [1.54, 1.807) is 0 Å². The molecule has 0 radical (unpaired) electrons. The van der Waals surface area contributed by atoms with Gasteiger partial charge in [0.1, 0.15) is 0 Å². The molecule has 0 saturated heterocycles. The first-order valence-corrected chi connectivity index (χ1v) is 4.40. The Balaban J connectivity index is 3.57. The Labute approximate surface area is 75.4 Å². The fraction of sp³-hybridized carbons (Fsp3) is 0.545. The Kier molecular flexibility index (Phi) is 6.09. The Morgan fingerprint density at radius 2 is 2.25 bits per heavy atom. The van der Waals surface area contributed by atoms with Gasteiger partial charge in [0.05, 0.1) is 12.5 Å². The zero-order valence-electron chi connectivity index (χ0n) is 8.06. The van der Waals surface area contributed by atoms with Crippen molar-refractivity contribution < 1.29 is 0 Å². The maximum Gasteiger partial charge on any atom is 0.0666 e. The van der Waals surface area contributed by atoms with Crippen LogP contribution in [0.1, 0.15) is 39.5 Å². The van der Waals surface area contributed by atoms with E-state index in [2.05, 4.69) is 32.6 Å². The van der Waals surface area contributed by atoms with Crippen molar-refractivity contribution in [2.75, 3.05) is 0 Å². The summed E-state index contributed by atoms with van der Waals surface area (Å²) < 4.78 is 0. The molecule has 66 valence electrons. The molecule has 0 unspecified atom stereocenters. The lowest BCUT2D eigenvalue weighted by molar-refractivity contribution is 0.930. The molecule has 0 fully saturated rings. The normalized spacial score (nSPS) is 10.9. The molecule has 0 heterocycles. The number of hydrogen-bond acceptors (Lipinski definition) is 1. The zero-order valence-corrected chi connectivity index (χ0v) is 8.06. The fourth-order valence-corrected chi connectivity index (χ4v) is 0.867. The first-order chi connectivity index (χ1) is 5.70. The Morgan fingerprint density at radius 1 is 1.58 bits per heavy atom. The van der Waals surface area contributed by atoms with E-state index in [1.165, 1.54) is 5.57 Å². The molecule has 0 aliphatic heterocycles. The highest BCUT2D eigenvalue weighted by Gasteiger charge is 1.91. The summed E-state index contributed by atoms with van der Waals surface area (Å²) in [5.74, 6) is 0. The van der Waals surface area contributed by atoms with Crippen LogP contribution in [0.4, 0.5) is 0 Å². The molecule has 12 heavy (non-hydrogen) atoms. The van der Waals surface area contributed by atoms with Gasteiger partial charge in [-0.2, -0.15) is 5.26 Å². The lowest BCUT2D eigenvalue weighted by Gasteiger charge is -1.98. The van der Waals surface area contributed by atoms with Gasteiger partial charge in [0, 0.05) is 0 Å². The Hall–Kier alpha value is -1.03. The summed E-state index contributed by atoms with van der Waals surface area (Å²) in [7, 11) is 0. The summed E-state index contributed by atoms with van der Waals surface area (Å²) >= 11 is 0. The van der Waals surface area contributed by atoms with Crippen molar-refractivity contribution in [1.82, 2.24) is 0 Å². The van der Waals surface area contributed by atoms with E-state index >= 15 is 0 Å². The van der Waals surface area contributed by atoms with Crippen molar-refractivity contribution in [3.05, 3.63) is 23.8 Å². The van der Waals surface area contributed by atoms with Gasteiger partial charge in [0.25, 0.3) is 0 Å². The summed E-state index contributed by atoms with van der Waals surface area (Å²) in [6.07, 6.45) is 5.82. The quantitative estimate of drug-likeness (QED) is 0.568. The molecule has 0 aromatic rings. The van der Waals surface area contributed by atoms with Crippen LogP contribution in [0.5, 0.6) is 0 Å². The van der Waals surface area contributed by atoms with Crippen molar-refractivity contribution in [3.63, 3.8) is 0 Å². The molecule has 0 aromatic heterocycles. The summed E-state index contributed by atoms with van der Waals surface area (Å²) in [5.41, 5.74) is 2.46. The largest absolute Gasteiger partial charge is 0.198 e. The van der Waals surface area contributed by atoms with E-state index in [9.17, 15) is 0 Å². The van der Waals surface area contributed by atoms with E-state index in [-0.39, 0.29) is 0 Å². The van der Waals surface area contributed by atoms with E-state index in [1.807, 2.05) is 0 Å². The lowest BCUT2D eigenvalue weighted by Crippen LogP contribution is -1.79. The molecule has 0 aliphatic rings. The van der Waals surface area contributed by atoms with Crippen LogP contribution >= 0.6 is 0 Å². The predicted octanol–water partition coefficient (Wildman–Crippen LogP) is 3.59. The summed E-state index contributed by atoms with van der Waals surface area (Å²) in [6, 6.07) is 2.10. The molecule has 0 aliphatic carbocycles. The van der Waals surface area contributed by atoms with Gasteiger partial charge < -0.3 is 0 Å². The average Bonchev–Trinajstić information content (AvgIpc) is 2.04. The zero-order chi connectivity index (χ0) is 9.40. The van der Waals surface area contributed by atoms with Crippen molar-refractivity contribution >= 4 is 0 Å². The van der Waals surface area contributed by atoms with Crippen molar-refractivity contribution in [2.45, 2.75) is 39.5 Å². The predicted molar refractivity (Wildman–Crippen MR) is 52.7 cm³/mol. The summed E-state index contributed by atoms with van der Waals surface area (Å²) in [5, 5.41) is 8.37. The van der Waals surface area contributed by atoms with E-state index in [4.69, 9.17) is 5.26 Å². The van der Waals surface area contributed by atoms with Crippen LogP contribution in [0.3, 0.4) is 0 Å². The second-order valence-corrected chi connectivity index (χ2v) is 3.03. The Bertz CT molecular complexity index is 206. The third kappa shape index (κ3) is 5.73. The molecular weight excluding hydrogens is 146 g/mol. The van der Waals surface area contributed by atoms with Crippen LogP contribution in [0, 0.1) is 11.3 Å². The molecule has 0 saturated carbocycles. The number of nitriles is 1. The van der Waals surface area contributed by atoms with Crippen LogP contribution in [0.25, 0.3) is 0 Å². The van der Waals surface area contributed by atoms with Crippen molar-refractivity contribution in [1.29, 1.82) is 5.26 Å². The van der Waals surface area contributed by atoms with E-state index in [0.717, 1.165) is 24.8 Å². The van der Waals surface area contributed by atoms with Crippen LogP contribution < -0.4 is 0 Å². The van der Waals surface area contributed by atoms with Gasteiger partial charge in [-0.05, 0) is 26.2 Å². The monoisotopic (exact) mass is 163 g/mol. The second-order valence-electron chi connectivity index (χ2n) is 3.03. The third-order valence-corrected chi connectivity index (χ3v) is 1.88. The molecule has 0 aromatic carbocycles. The van der Waals surface area contributed by atoms with Crippen molar-refractivity contribution in [3.8, 4) is 6.07 Å². The van der Waals surface area contributed by atoms with E-state index in [0.29, 0.717) is 6.42 Å². The number of nitrogens with zero attached hydrogens (tertiary/aromatic N) is 1. The van der Waals surface area contributed by atoms with Crippen molar-refractivity contribution in [2.24, 2.45) is 0 Å². The number of hydrogen-bond donors (Lipinski definition) is 0. The molecule has 0 N–H and O–H groups in total. The summed E-state index contributed by atoms with van der Waals surface area (Å²) in [6.45, 7) is 8.10. The lowest BCUT2D eigenvalue weighted by atomic mass is 10.1. The average molecular weight is 163 g/mol. The fourth-order valence-electron chi connectivity index (χ4n) is 0.867. The minimum absolute atomic E-state index is 0.499. The van der Waals surface area contributed by atoms with Crippen LogP contribution in [-0.2, 0) is 0 Å². The molecule has 0 atom stereocenters. The molecule has 1 nitrogen and oxygen atoms in total. The van der Waals surface area contributed by atoms with Gasteiger partial charge in [-0.25, -0.2) is 0 Å². The standard InChI is InChI=1S/C11H17N/c1-4-10(2)6-5-7-11(3)8-9-12/h6H,3-5,7-8H2,1-2H3/b10-6-. The van der Waals surface area contributed by atoms with Crippen LogP contribution in [0.15, 0.2) is 23.8 Å². The molecule has 0 bridgehead atoms. The Morgan fingerprint density at radius 3 is 2.75 bits per heavy atom. The molecule has 0 amide bonds. The highest BCUT2D eigenvalue weighted by Crippen LogP contribution is 2.09. The molecule has 0 rings (SSSR count).